The van der Waals surface area contributed by atoms with Crippen LogP contribution in [0, 0.1) is 0 Å². The van der Waals surface area contributed by atoms with Crippen molar-refractivity contribution in [2.75, 3.05) is 9.80 Å². The van der Waals surface area contributed by atoms with E-state index in [1.165, 1.54) is 77.4 Å². The summed E-state index contributed by atoms with van der Waals surface area (Å²) in [6, 6.07) is 100. The Balaban J connectivity index is 1.00. The number of nitrogens with zero attached hydrogens (tertiary/aromatic N) is 3. The van der Waals surface area contributed by atoms with Crippen LogP contribution < -0.4 is 9.80 Å². The van der Waals surface area contributed by atoms with Crippen LogP contribution in [0.3, 0.4) is 0 Å². The first-order chi connectivity index (χ1) is 34.8. The molecular weight excluding hydrogens is 847 g/mol. The smallest absolute Gasteiger partial charge is 0.0746 e. The molecular formula is C67H45N3. The third kappa shape index (κ3) is 5.95. The van der Waals surface area contributed by atoms with Gasteiger partial charge in [0, 0.05) is 50.5 Å². The maximum absolute atomic E-state index is 2.48. The van der Waals surface area contributed by atoms with E-state index in [-0.39, 0.29) is 0 Å². The number of hydrogen-bond donors (Lipinski definition) is 0. The predicted octanol–water partition coefficient (Wildman–Crippen LogP) is 17.7. The van der Waals surface area contributed by atoms with Crippen molar-refractivity contribution in [3.8, 4) is 39.1 Å². The van der Waals surface area contributed by atoms with Crippen molar-refractivity contribution in [3.05, 3.63) is 295 Å². The van der Waals surface area contributed by atoms with Crippen LogP contribution in [0.2, 0.25) is 0 Å². The zero-order chi connectivity index (χ0) is 46.2. The molecule has 1 aromatic heterocycles. The van der Waals surface area contributed by atoms with E-state index in [0.29, 0.717) is 0 Å². The molecule has 11 aromatic carbocycles. The Hall–Kier alpha value is -9.18. The van der Waals surface area contributed by atoms with Crippen LogP contribution in [0.4, 0.5) is 34.1 Å². The molecule has 0 saturated carbocycles. The van der Waals surface area contributed by atoms with Gasteiger partial charge in [-0.05, 0) is 135 Å². The molecule has 0 bridgehead atoms. The molecule has 2 aliphatic rings. The predicted molar refractivity (Wildman–Crippen MR) is 292 cm³/mol. The van der Waals surface area contributed by atoms with E-state index in [2.05, 4.69) is 287 Å². The van der Waals surface area contributed by atoms with Crippen LogP contribution in [-0.4, -0.2) is 4.57 Å². The summed E-state index contributed by atoms with van der Waals surface area (Å²) < 4.78 is 2.41. The van der Waals surface area contributed by atoms with Crippen LogP contribution in [0.1, 0.15) is 22.3 Å². The lowest BCUT2D eigenvalue weighted by atomic mass is 9.70. The Morgan fingerprint density at radius 1 is 0.286 bits per heavy atom. The quantitative estimate of drug-likeness (QED) is 0.151. The fourth-order valence-electron chi connectivity index (χ4n) is 11.9. The fourth-order valence-corrected chi connectivity index (χ4v) is 11.9. The van der Waals surface area contributed by atoms with E-state index in [1.807, 2.05) is 0 Å². The standard InChI is InChI=1S/C67H45N3/c1-5-21-46(22-6-1)47-23-19-30-51(43-47)69(49-26-9-3-10-27-49)64-38-20-34-58-54-31-13-16-35-60(54)67(66(58)64)61-36-17-14-32-55(61)59-44-52(40-42-62(59)67)68(48-24-7-2-8-25-48)53-39-41-57-56-33-15-18-37-63(56)70(65(57)45-53)50-28-11-4-12-29-50/h1-45H. The highest BCUT2D eigenvalue weighted by Gasteiger charge is 2.53. The molecule has 14 rings (SSSR count). The van der Waals surface area contributed by atoms with E-state index >= 15 is 0 Å². The summed E-state index contributed by atoms with van der Waals surface area (Å²) >= 11 is 0. The molecule has 328 valence electrons. The van der Waals surface area contributed by atoms with Gasteiger partial charge in [-0.1, -0.05) is 188 Å². The molecule has 3 nitrogen and oxygen atoms in total. The lowest BCUT2D eigenvalue weighted by molar-refractivity contribution is 0.793. The van der Waals surface area contributed by atoms with E-state index in [0.717, 1.165) is 39.8 Å². The molecule has 0 amide bonds. The van der Waals surface area contributed by atoms with Crippen LogP contribution in [0.25, 0.3) is 60.9 Å². The lowest BCUT2D eigenvalue weighted by Crippen LogP contribution is -2.28. The normalized spacial score (nSPS) is 14.1. The Kier molecular flexibility index (Phi) is 9.11. The molecule has 0 radical (unpaired) electrons. The molecule has 0 fully saturated rings. The van der Waals surface area contributed by atoms with Gasteiger partial charge in [-0.3, -0.25) is 0 Å². The number of benzene rings is 11. The molecule has 1 spiro atoms. The van der Waals surface area contributed by atoms with Crippen molar-refractivity contribution in [1.82, 2.24) is 4.57 Å². The summed E-state index contributed by atoms with van der Waals surface area (Å²) in [5.41, 5.74) is 22.1. The molecule has 0 aliphatic heterocycles. The summed E-state index contributed by atoms with van der Waals surface area (Å²) in [4.78, 5) is 4.91. The zero-order valence-corrected chi connectivity index (χ0v) is 38.3. The van der Waals surface area contributed by atoms with Crippen molar-refractivity contribution in [2.45, 2.75) is 5.41 Å². The van der Waals surface area contributed by atoms with E-state index in [4.69, 9.17) is 0 Å². The molecule has 2 aliphatic carbocycles. The van der Waals surface area contributed by atoms with E-state index in [1.54, 1.807) is 0 Å². The molecule has 1 unspecified atom stereocenters. The van der Waals surface area contributed by atoms with E-state index in [9.17, 15) is 0 Å². The first-order valence-corrected chi connectivity index (χ1v) is 24.2. The van der Waals surface area contributed by atoms with Gasteiger partial charge in [0.25, 0.3) is 0 Å². The second-order valence-corrected chi connectivity index (χ2v) is 18.4. The Morgan fingerprint density at radius 3 is 1.53 bits per heavy atom. The van der Waals surface area contributed by atoms with Crippen LogP contribution in [0.5, 0.6) is 0 Å². The summed E-state index contributed by atoms with van der Waals surface area (Å²) in [5, 5.41) is 2.47. The number of anilines is 6. The number of fused-ring (bicyclic) bond motifs is 13. The highest BCUT2D eigenvalue weighted by Crippen LogP contribution is 2.66. The Labute approximate surface area is 408 Å². The van der Waals surface area contributed by atoms with Gasteiger partial charge in [-0.25, -0.2) is 0 Å². The van der Waals surface area contributed by atoms with Crippen LogP contribution >= 0.6 is 0 Å². The monoisotopic (exact) mass is 891 g/mol. The first-order valence-electron chi connectivity index (χ1n) is 24.2. The van der Waals surface area contributed by atoms with Gasteiger partial charge in [0.15, 0.2) is 0 Å². The van der Waals surface area contributed by atoms with Crippen molar-refractivity contribution in [1.29, 1.82) is 0 Å². The Bertz CT molecular complexity index is 3950. The third-order valence-electron chi connectivity index (χ3n) is 14.7. The summed E-state index contributed by atoms with van der Waals surface area (Å²) in [5.74, 6) is 0. The maximum Gasteiger partial charge on any atom is 0.0746 e. The van der Waals surface area contributed by atoms with Gasteiger partial charge in [0.05, 0.1) is 22.1 Å². The number of rotatable bonds is 8. The highest BCUT2D eigenvalue weighted by molar-refractivity contribution is 6.10. The minimum absolute atomic E-state index is 0.607. The van der Waals surface area contributed by atoms with Gasteiger partial charge < -0.3 is 14.4 Å². The molecule has 3 heteroatoms. The number of aromatic nitrogens is 1. The topological polar surface area (TPSA) is 11.4 Å². The van der Waals surface area contributed by atoms with Gasteiger partial charge in [-0.2, -0.15) is 0 Å². The second-order valence-electron chi connectivity index (χ2n) is 18.4. The molecule has 12 aromatic rings. The zero-order valence-electron chi connectivity index (χ0n) is 38.3. The molecule has 70 heavy (non-hydrogen) atoms. The number of para-hydroxylation sites is 4. The average molecular weight is 892 g/mol. The van der Waals surface area contributed by atoms with Gasteiger partial charge in [-0.15, -0.1) is 0 Å². The summed E-state index contributed by atoms with van der Waals surface area (Å²) in [6.07, 6.45) is 0. The van der Waals surface area contributed by atoms with Crippen LogP contribution in [-0.2, 0) is 5.41 Å². The molecule has 1 atom stereocenters. The minimum atomic E-state index is -0.607. The van der Waals surface area contributed by atoms with Crippen molar-refractivity contribution in [3.63, 3.8) is 0 Å². The maximum atomic E-state index is 2.48. The SMILES string of the molecule is c1ccc(-c2cccc(N(c3ccccc3)c3cccc4c3C3(c5ccccc5-c5cc(N(c6ccccc6)c6ccc7c8ccccc8n(-c8ccccc8)c7c6)ccc53)c3ccccc3-4)c2)cc1. The number of hydrogen-bond acceptors (Lipinski definition) is 2. The first kappa shape index (κ1) is 39.9. The van der Waals surface area contributed by atoms with Gasteiger partial charge in [0.2, 0.25) is 0 Å². The van der Waals surface area contributed by atoms with Crippen molar-refractivity contribution >= 4 is 55.9 Å². The van der Waals surface area contributed by atoms with Gasteiger partial charge >= 0.3 is 0 Å². The highest BCUT2D eigenvalue weighted by atomic mass is 15.2. The van der Waals surface area contributed by atoms with Crippen molar-refractivity contribution in [2.24, 2.45) is 0 Å². The largest absolute Gasteiger partial charge is 0.310 e. The van der Waals surface area contributed by atoms with Gasteiger partial charge in [0.1, 0.15) is 0 Å². The third-order valence-corrected chi connectivity index (χ3v) is 14.7. The summed E-state index contributed by atoms with van der Waals surface area (Å²) in [6.45, 7) is 0. The summed E-state index contributed by atoms with van der Waals surface area (Å²) in [7, 11) is 0. The van der Waals surface area contributed by atoms with Crippen molar-refractivity contribution < 1.29 is 0 Å². The molecule has 0 N–H and O–H groups in total. The second kappa shape index (κ2) is 16.0. The lowest BCUT2D eigenvalue weighted by Gasteiger charge is -2.36. The van der Waals surface area contributed by atoms with Crippen LogP contribution in [0.15, 0.2) is 273 Å². The fraction of sp³-hybridized carbons (Fsp3) is 0.0149. The minimum Gasteiger partial charge on any atom is -0.310 e. The average Bonchev–Trinajstić information content (AvgIpc) is 4.04. The molecule has 0 saturated heterocycles. The molecule has 1 heterocycles. The Morgan fingerprint density at radius 2 is 0.786 bits per heavy atom. The van der Waals surface area contributed by atoms with E-state index < -0.39 is 5.41 Å².